The molecule has 0 aliphatic heterocycles. The summed E-state index contributed by atoms with van der Waals surface area (Å²) in [5.41, 5.74) is 2.27. The largest absolute Gasteiger partial charge is 0.386 e. The second-order valence-electron chi connectivity index (χ2n) is 4.18. The van der Waals surface area contributed by atoms with Crippen LogP contribution < -0.4 is 0 Å². The van der Waals surface area contributed by atoms with Crippen molar-refractivity contribution < 1.29 is 5.11 Å². The van der Waals surface area contributed by atoms with Gasteiger partial charge in [-0.2, -0.15) is 0 Å². The molecule has 0 bridgehead atoms. The maximum absolute atomic E-state index is 9.88. The number of aryl methyl sites for hydroxylation is 2. The quantitative estimate of drug-likeness (QED) is 0.797. The lowest BCUT2D eigenvalue weighted by atomic mass is 9.94. The van der Waals surface area contributed by atoms with Crippen LogP contribution in [0.4, 0.5) is 0 Å². The predicted octanol–water partition coefficient (Wildman–Crippen LogP) is 3.44. The molecule has 0 aliphatic rings. The van der Waals surface area contributed by atoms with Crippen LogP contribution in [0.3, 0.4) is 0 Å². The Morgan fingerprint density at radius 3 is 2.36 bits per heavy atom. The van der Waals surface area contributed by atoms with E-state index in [1.807, 2.05) is 19.1 Å². The first-order valence-electron chi connectivity index (χ1n) is 4.88. The van der Waals surface area contributed by atoms with Gasteiger partial charge < -0.3 is 5.11 Å². The number of hydrogen-bond acceptors (Lipinski definition) is 1. The van der Waals surface area contributed by atoms with E-state index >= 15 is 0 Å². The fraction of sp³-hybridized carbons (Fsp3) is 0.500. The van der Waals surface area contributed by atoms with Crippen molar-refractivity contribution in [1.29, 1.82) is 0 Å². The standard InChI is InChI=1S/C12H17ClO/c1-5-9-7-10(12(3,4)14)6-8(2)11(9)13/h6-7,14H,5H2,1-4H3. The van der Waals surface area contributed by atoms with Crippen LogP contribution in [0.2, 0.25) is 5.02 Å². The molecule has 0 aliphatic carbocycles. The van der Waals surface area contributed by atoms with E-state index in [2.05, 4.69) is 6.92 Å². The van der Waals surface area contributed by atoms with Crippen LogP contribution in [0.25, 0.3) is 0 Å². The summed E-state index contributed by atoms with van der Waals surface area (Å²) in [4.78, 5) is 0. The highest BCUT2D eigenvalue weighted by Gasteiger charge is 2.18. The minimum absolute atomic E-state index is 0.792. The highest BCUT2D eigenvalue weighted by Crippen LogP contribution is 2.28. The van der Waals surface area contributed by atoms with Gasteiger partial charge in [0.2, 0.25) is 0 Å². The summed E-state index contributed by atoms with van der Waals surface area (Å²) >= 11 is 6.13. The third-order valence-corrected chi connectivity index (χ3v) is 2.96. The summed E-state index contributed by atoms with van der Waals surface area (Å²) in [5.74, 6) is 0. The number of hydrogen-bond donors (Lipinski definition) is 1. The summed E-state index contributed by atoms with van der Waals surface area (Å²) < 4.78 is 0. The maximum atomic E-state index is 9.88. The summed E-state index contributed by atoms with van der Waals surface area (Å²) in [7, 11) is 0. The fourth-order valence-corrected chi connectivity index (χ4v) is 1.70. The van der Waals surface area contributed by atoms with Crippen molar-refractivity contribution in [3.63, 3.8) is 0 Å². The average Bonchev–Trinajstić information content (AvgIpc) is 2.07. The summed E-state index contributed by atoms with van der Waals surface area (Å²) in [6.45, 7) is 7.61. The van der Waals surface area contributed by atoms with Gasteiger partial charge >= 0.3 is 0 Å². The highest BCUT2D eigenvalue weighted by atomic mass is 35.5. The maximum Gasteiger partial charge on any atom is 0.0840 e. The smallest absolute Gasteiger partial charge is 0.0840 e. The van der Waals surface area contributed by atoms with Crippen LogP contribution in [-0.2, 0) is 12.0 Å². The molecule has 0 spiro atoms. The lowest BCUT2D eigenvalue weighted by Crippen LogP contribution is -2.16. The van der Waals surface area contributed by atoms with Gasteiger partial charge in [-0.15, -0.1) is 0 Å². The van der Waals surface area contributed by atoms with E-state index in [1.165, 1.54) is 0 Å². The fourth-order valence-electron chi connectivity index (χ4n) is 1.45. The summed E-state index contributed by atoms with van der Waals surface area (Å²) in [5, 5.41) is 10.7. The molecule has 0 heterocycles. The Kier molecular flexibility index (Phi) is 3.23. The first kappa shape index (κ1) is 11.5. The lowest BCUT2D eigenvalue weighted by Gasteiger charge is -2.20. The van der Waals surface area contributed by atoms with Gasteiger partial charge in [-0.25, -0.2) is 0 Å². The Hall–Kier alpha value is -0.530. The number of halogens is 1. The van der Waals surface area contributed by atoms with Gasteiger partial charge in [0.25, 0.3) is 0 Å². The zero-order chi connectivity index (χ0) is 10.9. The topological polar surface area (TPSA) is 20.2 Å². The average molecular weight is 213 g/mol. The van der Waals surface area contributed by atoms with Gasteiger partial charge in [0.05, 0.1) is 5.60 Å². The molecule has 1 aromatic rings. The minimum atomic E-state index is -0.792. The van der Waals surface area contributed by atoms with Crippen molar-refractivity contribution >= 4 is 11.6 Å². The van der Waals surface area contributed by atoms with Crippen LogP contribution in [0, 0.1) is 6.92 Å². The Bertz CT molecular complexity index is 337. The molecule has 14 heavy (non-hydrogen) atoms. The number of aliphatic hydroxyl groups is 1. The summed E-state index contributed by atoms with van der Waals surface area (Å²) in [6.07, 6.45) is 0.892. The third kappa shape index (κ3) is 2.28. The van der Waals surface area contributed by atoms with Crippen LogP contribution in [0.15, 0.2) is 12.1 Å². The van der Waals surface area contributed by atoms with Gasteiger partial charge in [0, 0.05) is 5.02 Å². The predicted molar refractivity (Wildman–Crippen MR) is 60.8 cm³/mol. The molecular weight excluding hydrogens is 196 g/mol. The minimum Gasteiger partial charge on any atom is -0.386 e. The molecule has 2 heteroatoms. The van der Waals surface area contributed by atoms with E-state index in [1.54, 1.807) is 13.8 Å². The van der Waals surface area contributed by atoms with Crippen molar-refractivity contribution in [1.82, 2.24) is 0 Å². The van der Waals surface area contributed by atoms with E-state index in [-0.39, 0.29) is 0 Å². The molecule has 0 amide bonds. The van der Waals surface area contributed by atoms with E-state index in [4.69, 9.17) is 11.6 Å². The molecule has 0 aromatic heterocycles. The Balaban J connectivity index is 3.30. The Morgan fingerprint density at radius 2 is 1.93 bits per heavy atom. The molecule has 0 radical (unpaired) electrons. The molecule has 0 atom stereocenters. The van der Waals surface area contributed by atoms with E-state index < -0.39 is 5.60 Å². The zero-order valence-electron chi connectivity index (χ0n) is 9.19. The first-order chi connectivity index (χ1) is 6.36. The molecule has 1 rings (SSSR count). The highest BCUT2D eigenvalue weighted by molar-refractivity contribution is 6.32. The van der Waals surface area contributed by atoms with E-state index in [9.17, 15) is 5.11 Å². The van der Waals surface area contributed by atoms with Gasteiger partial charge in [-0.05, 0) is 43.9 Å². The van der Waals surface area contributed by atoms with Crippen molar-refractivity contribution in [2.75, 3.05) is 0 Å². The lowest BCUT2D eigenvalue weighted by molar-refractivity contribution is 0.0784. The Labute approximate surface area is 90.7 Å². The molecule has 0 unspecified atom stereocenters. The van der Waals surface area contributed by atoms with E-state index in [0.717, 1.165) is 28.1 Å². The molecule has 1 N–H and O–H groups in total. The van der Waals surface area contributed by atoms with Crippen LogP contribution in [-0.4, -0.2) is 5.11 Å². The molecule has 78 valence electrons. The normalized spacial score (nSPS) is 11.9. The molecule has 1 nitrogen and oxygen atoms in total. The Morgan fingerprint density at radius 1 is 1.36 bits per heavy atom. The van der Waals surface area contributed by atoms with Crippen LogP contribution in [0.1, 0.15) is 37.5 Å². The van der Waals surface area contributed by atoms with Crippen LogP contribution >= 0.6 is 11.6 Å². The summed E-state index contributed by atoms with van der Waals surface area (Å²) in [6, 6.07) is 3.93. The zero-order valence-corrected chi connectivity index (χ0v) is 9.94. The molecular formula is C12H17ClO. The molecule has 1 aromatic carbocycles. The van der Waals surface area contributed by atoms with Gasteiger partial charge in [0.1, 0.15) is 0 Å². The van der Waals surface area contributed by atoms with Gasteiger partial charge in [-0.3, -0.25) is 0 Å². The second-order valence-corrected chi connectivity index (χ2v) is 4.56. The van der Waals surface area contributed by atoms with Gasteiger partial charge in [0.15, 0.2) is 0 Å². The van der Waals surface area contributed by atoms with Crippen molar-refractivity contribution in [2.45, 2.75) is 39.7 Å². The van der Waals surface area contributed by atoms with Crippen LogP contribution in [0.5, 0.6) is 0 Å². The molecule has 0 saturated heterocycles. The third-order valence-electron chi connectivity index (χ3n) is 2.42. The van der Waals surface area contributed by atoms with Crippen molar-refractivity contribution in [2.24, 2.45) is 0 Å². The van der Waals surface area contributed by atoms with Gasteiger partial charge in [-0.1, -0.05) is 30.7 Å². The molecule has 0 fully saturated rings. The first-order valence-corrected chi connectivity index (χ1v) is 5.26. The van der Waals surface area contributed by atoms with E-state index in [0.29, 0.717) is 0 Å². The number of benzene rings is 1. The second kappa shape index (κ2) is 3.92. The monoisotopic (exact) mass is 212 g/mol. The number of rotatable bonds is 2. The van der Waals surface area contributed by atoms with Crippen molar-refractivity contribution in [3.05, 3.63) is 33.8 Å². The molecule has 0 saturated carbocycles. The van der Waals surface area contributed by atoms with Crippen molar-refractivity contribution in [3.8, 4) is 0 Å². The SMILES string of the molecule is CCc1cc(C(C)(C)O)cc(C)c1Cl.